The minimum atomic E-state index is -0.276. The smallest absolute Gasteiger partial charge is 0.414 e. The van der Waals surface area contributed by atoms with E-state index in [4.69, 9.17) is 4.74 Å². The van der Waals surface area contributed by atoms with E-state index in [9.17, 15) is 4.79 Å². The van der Waals surface area contributed by atoms with E-state index in [0.29, 0.717) is 12.5 Å². The lowest BCUT2D eigenvalue weighted by molar-refractivity contribution is 0.166. The summed E-state index contributed by atoms with van der Waals surface area (Å²) in [4.78, 5) is 13.4. The summed E-state index contributed by atoms with van der Waals surface area (Å²) in [6.45, 7) is 4.63. The normalized spacial score (nSPS) is 20.4. The van der Waals surface area contributed by atoms with Crippen LogP contribution in [0.4, 0.5) is 4.79 Å². The van der Waals surface area contributed by atoms with Gasteiger partial charge in [0.15, 0.2) is 0 Å². The summed E-state index contributed by atoms with van der Waals surface area (Å²) in [5.41, 5.74) is 1.04. The molecule has 1 aromatic carbocycles. The van der Waals surface area contributed by atoms with Crippen molar-refractivity contribution in [3.05, 3.63) is 42.1 Å². The Morgan fingerprint density at radius 2 is 2.11 bits per heavy atom. The summed E-state index contributed by atoms with van der Waals surface area (Å²) in [5.74, 6) is 0.365. The van der Waals surface area contributed by atoms with E-state index in [1.165, 1.54) is 0 Å². The van der Waals surface area contributed by atoms with Crippen LogP contribution in [0.15, 0.2) is 36.5 Å². The predicted molar refractivity (Wildman–Crippen MR) is 75.2 cm³/mol. The van der Waals surface area contributed by atoms with Crippen LogP contribution >= 0.6 is 15.9 Å². The second-order valence-electron chi connectivity index (χ2n) is 4.64. The zero-order chi connectivity index (χ0) is 13.1. The summed E-state index contributed by atoms with van der Waals surface area (Å²) < 4.78 is 5.98. The van der Waals surface area contributed by atoms with E-state index in [2.05, 4.69) is 29.8 Å². The first kappa shape index (κ1) is 13.1. The van der Waals surface area contributed by atoms with Gasteiger partial charge in [0.05, 0.1) is 6.04 Å². The Morgan fingerprint density at radius 3 is 2.72 bits per heavy atom. The molecule has 96 valence electrons. The van der Waals surface area contributed by atoms with Crippen LogP contribution < -0.4 is 0 Å². The molecule has 1 saturated heterocycles. The van der Waals surface area contributed by atoms with Gasteiger partial charge in [0.25, 0.3) is 0 Å². The number of cyclic esters (lactones) is 1. The van der Waals surface area contributed by atoms with Crippen LogP contribution in [0.2, 0.25) is 0 Å². The number of amides is 1. The summed E-state index contributed by atoms with van der Waals surface area (Å²) in [6.07, 6.45) is 1.54. The van der Waals surface area contributed by atoms with Gasteiger partial charge >= 0.3 is 6.09 Å². The fourth-order valence-corrected chi connectivity index (χ4v) is 2.39. The van der Waals surface area contributed by atoms with Crippen LogP contribution in [0, 0.1) is 5.92 Å². The molecule has 0 N–H and O–H groups in total. The largest absolute Gasteiger partial charge is 0.447 e. The van der Waals surface area contributed by atoms with E-state index >= 15 is 0 Å². The Kier molecular flexibility index (Phi) is 4.07. The lowest BCUT2D eigenvalue weighted by atomic mass is 10.1. The highest BCUT2D eigenvalue weighted by Crippen LogP contribution is 2.26. The second-order valence-corrected chi connectivity index (χ2v) is 5.49. The van der Waals surface area contributed by atoms with E-state index < -0.39 is 0 Å². The molecule has 1 heterocycles. The Labute approximate surface area is 116 Å². The number of halogens is 1. The lowest BCUT2D eigenvalue weighted by Crippen LogP contribution is -2.32. The number of nitrogens with zero attached hydrogens (tertiary/aromatic N) is 1. The monoisotopic (exact) mass is 309 g/mol. The number of ether oxygens (including phenoxy) is 1. The maximum atomic E-state index is 11.7. The van der Waals surface area contributed by atoms with Crippen molar-refractivity contribution in [1.82, 2.24) is 4.90 Å². The van der Waals surface area contributed by atoms with Crippen LogP contribution in [-0.4, -0.2) is 23.6 Å². The minimum absolute atomic E-state index is 0.105. The maximum Gasteiger partial charge on any atom is 0.414 e. The van der Waals surface area contributed by atoms with Crippen molar-refractivity contribution in [2.75, 3.05) is 6.61 Å². The van der Waals surface area contributed by atoms with Crippen molar-refractivity contribution < 1.29 is 9.53 Å². The molecule has 18 heavy (non-hydrogen) atoms. The molecule has 0 aromatic heterocycles. The van der Waals surface area contributed by atoms with E-state index in [1.807, 2.05) is 36.5 Å². The standard InChI is InChI=1S/C14H16BrNO2/c1-10(2)13-9-18-14(17)16(13)8-12(15)11-6-4-3-5-7-11/h3-8,10,13H,9H2,1-2H3/b12-8+/t13-/m1/s1. The van der Waals surface area contributed by atoms with E-state index in [0.717, 1.165) is 10.0 Å². The van der Waals surface area contributed by atoms with Crippen molar-refractivity contribution >= 4 is 26.5 Å². The molecule has 0 saturated carbocycles. The van der Waals surface area contributed by atoms with Gasteiger partial charge in [-0.15, -0.1) is 0 Å². The molecular formula is C14H16BrNO2. The van der Waals surface area contributed by atoms with Crippen molar-refractivity contribution in [3.63, 3.8) is 0 Å². The second kappa shape index (κ2) is 5.57. The first-order chi connectivity index (χ1) is 8.59. The third kappa shape index (κ3) is 2.75. The average Bonchev–Trinajstić information content (AvgIpc) is 2.72. The number of hydrogen-bond acceptors (Lipinski definition) is 2. The first-order valence-electron chi connectivity index (χ1n) is 5.97. The molecule has 1 aliphatic rings. The van der Waals surface area contributed by atoms with Gasteiger partial charge < -0.3 is 4.74 Å². The number of benzene rings is 1. The van der Waals surface area contributed by atoms with Crippen LogP contribution in [-0.2, 0) is 4.74 Å². The molecule has 1 amide bonds. The molecule has 0 radical (unpaired) electrons. The molecule has 1 aliphatic heterocycles. The van der Waals surface area contributed by atoms with Gasteiger partial charge in [-0.25, -0.2) is 4.79 Å². The number of carbonyl (C=O) groups excluding carboxylic acids is 1. The summed E-state index contributed by atoms with van der Waals surface area (Å²) in [6, 6.07) is 9.98. The Hall–Kier alpha value is -1.29. The first-order valence-corrected chi connectivity index (χ1v) is 6.76. The predicted octanol–water partition coefficient (Wildman–Crippen LogP) is 3.86. The Morgan fingerprint density at radius 1 is 1.44 bits per heavy atom. The van der Waals surface area contributed by atoms with Crippen molar-refractivity contribution in [1.29, 1.82) is 0 Å². The Balaban J connectivity index is 2.23. The Bertz CT molecular complexity index is 456. The number of rotatable bonds is 3. The highest BCUT2D eigenvalue weighted by Gasteiger charge is 2.33. The topological polar surface area (TPSA) is 29.5 Å². The van der Waals surface area contributed by atoms with Crippen molar-refractivity contribution in [2.24, 2.45) is 5.92 Å². The van der Waals surface area contributed by atoms with Gasteiger partial charge in [-0.1, -0.05) is 44.2 Å². The van der Waals surface area contributed by atoms with Crippen LogP contribution in [0.5, 0.6) is 0 Å². The third-order valence-corrected chi connectivity index (χ3v) is 3.68. The van der Waals surface area contributed by atoms with Gasteiger partial charge in [0, 0.05) is 10.7 Å². The van der Waals surface area contributed by atoms with Gasteiger partial charge in [-0.05, 0) is 27.4 Å². The molecular weight excluding hydrogens is 294 g/mol. The summed E-state index contributed by atoms with van der Waals surface area (Å²) in [7, 11) is 0. The van der Waals surface area contributed by atoms with Gasteiger partial charge in [0.2, 0.25) is 0 Å². The van der Waals surface area contributed by atoms with Crippen LogP contribution in [0.25, 0.3) is 4.48 Å². The molecule has 0 unspecified atom stereocenters. The van der Waals surface area contributed by atoms with E-state index in [-0.39, 0.29) is 12.1 Å². The maximum absolute atomic E-state index is 11.7. The molecule has 0 aliphatic carbocycles. The van der Waals surface area contributed by atoms with Gasteiger partial charge in [-0.2, -0.15) is 0 Å². The molecule has 0 spiro atoms. The zero-order valence-electron chi connectivity index (χ0n) is 10.5. The highest BCUT2D eigenvalue weighted by atomic mass is 79.9. The molecule has 1 fully saturated rings. The van der Waals surface area contributed by atoms with Gasteiger partial charge in [-0.3, -0.25) is 4.90 Å². The molecule has 4 heteroatoms. The fourth-order valence-electron chi connectivity index (χ4n) is 1.90. The van der Waals surface area contributed by atoms with E-state index in [1.54, 1.807) is 4.90 Å². The molecule has 2 rings (SSSR count). The molecule has 1 aromatic rings. The fraction of sp³-hybridized carbons (Fsp3) is 0.357. The SMILES string of the molecule is CC(C)[C@H]1COC(=O)N1/C=C(/Br)c1ccccc1. The molecule has 1 atom stereocenters. The van der Waals surface area contributed by atoms with Crippen LogP contribution in [0.3, 0.4) is 0 Å². The average molecular weight is 310 g/mol. The zero-order valence-corrected chi connectivity index (χ0v) is 12.1. The van der Waals surface area contributed by atoms with Crippen molar-refractivity contribution in [2.45, 2.75) is 19.9 Å². The van der Waals surface area contributed by atoms with Gasteiger partial charge in [0.1, 0.15) is 6.61 Å². The summed E-state index contributed by atoms with van der Waals surface area (Å²) >= 11 is 3.51. The third-order valence-electron chi connectivity index (χ3n) is 3.02. The highest BCUT2D eigenvalue weighted by molar-refractivity contribution is 9.15. The lowest BCUT2D eigenvalue weighted by Gasteiger charge is -2.21. The summed E-state index contributed by atoms with van der Waals surface area (Å²) in [5, 5.41) is 0. The minimum Gasteiger partial charge on any atom is -0.447 e. The van der Waals surface area contributed by atoms with Crippen LogP contribution in [0.1, 0.15) is 19.4 Å². The quantitative estimate of drug-likeness (QED) is 0.848. The molecule has 3 nitrogen and oxygen atoms in total. The number of hydrogen-bond donors (Lipinski definition) is 0. The van der Waals surface area contributed by atoms with Crippen molar-refractivity contribution in [3.8, 4) is 0 Å². The molecule has 0 bridgehead atoms. The number of carbonyl (C=O) groups is 1.